The van der Waals surface area contributed by atoms with Crippen LogP contribution in [0.2, 0.25) is 0 Å². The van der Waals surface area contributed by atoms with Gasteiger partial charge in [-0.05, 0) is 19.3 Å². The van der Waals surface area contributed by atoms with Gasteiger partial charge in [0.05, 0.1) is 12.0 Å². The molecule has 0 aromatic rings. The quantitative estimate of drug-likeness (QED) is 0.359. The van der Waals surface area contributed by atoms with Gasteiger partial charge in [0.1, 0.15) is 0 Å². The molecule has 0 N–H and O–H groups in total. The first-order valence-corrected chi connectivity index (χ1v) is 9.67. The van der Waals surface area contributed by atoms with Gasteiger partial charge in [0.2, 0.25) is 5.91 Å². The fourth-order valence-corrected chi connectivity index (χ4v) is 3.39. The first-order chi connectivity index (χ1) is 11.2. The van der Waals surface area contributed by atoms with Crippen LogP contribution in [0, 0.1) is 0 Å². The van der Waals surface area contributed by atoms with Crippen molar-refractivity contribution in [2.24, 2.45) is 0 Å². The summed E-state index contributed by atoms with van der Waals surface area (Å²) >= 11 is 0. The number of rotatable bonds is 13. The maximum atomic E-state index is 12.1. The second-order valence-electron chi connectivity index (χ2n) is 6.85. The van der Waals surface area contributed by atoms with Crippen LogP contribution < -0.4 is 34.7 Å². The molecule has 0 radical (unpaired) electrons. The van der Waals surface area contributed by atoms with Gasteiger partial charge >= 0.3 is 29.6 Å². The standard InChI is InChI=1S/C19H35NO3.Na/c1-2-3-4-5-6-7-8-9-10-11-12-15-18(21)20-16-13-14-17(20)19(22)23;/h17H,2-16H2,1H3,(H,22,23);/q;+1/p-1/t17-;/m0./s1. The molecule has 0 unspecified atom stereocenters. The molecule has 0 spiro atoms. The number of hydrogen-bond acceptors (Lipinski definition) is 3. The van der Waals surface area contributed by atoms with Gasteiger partial charge in [-0.3, -0.25) is 4.79 Å². The van der Waals surface area contributed by atoms with Crippen molar-refractivity contribution in [1.29, 1.82) is 0 Å². The van der Waals surface area contributed by atoms with Crippen molar-refractivity contribution in [3.8, 4) is 0 Å². The molecule has 0 saturated carbocycles. The molecular weight excluding hydrogens is 313 g/mol. The molecule has 0 aromatic heterocycles. The van der Waals surface area contributed by atoms with Crippen molar-refractivity contribution in [2.45, 2.75) is 103 Å². The minimum Gasteiger partial charge on any atom is -0.548 e. The summed E-state index contributed by atoms with van der Waals surface area (Å²) in [6.45, 7) is 2.82. The Morgan fingerprint density at radius 1 is 0.917 bits per heavy atom. The maximum absolute atomic E-state index is 12.1. The summed E-state index contributed by atoms with van der Waals surface area (Å²) in [5.41, 5.74) is 0. The van der Waals surface area contributed by atoms with Gasteiger partial charge in [-0.1, -0.05) is 71.1 Å². The number of hydrogen-bond donors (Lipinski definition) is 0. The van der Waals surface area contributed by atoms with Crippen LogP contribution in [0.3, 0.4) is 0 Å². The van der Waals surface area contributed by atoms with Crippen LogP contribution in [0.4, 0.5) is 0 Å². The van der Waals surface area contributed by atoms with Crippen molar-refractivity contribution in [3.05, 3.63) is 0 Å². The van der Waals surface area contributed by atoms with Crippen LogP contribution in [0.1, 0.15) is 96.8 Å². The Labute approximate surface area is 170 Å². The van der Waals surface area contributed by atoms with Crippen molar-refractivity contribution in [3.63, 3.8) is 0 Å². The molecule has 1 amide bonds. The molecule has 1 saturated heterocycles. The van der Waals surface area contributed by atoms with Gasteiger partial charge in [-0.25, -0.2) is 0 Å². The predicted molar refractivity (Wildman–Crippen MR) is 90.8 cm³/mol. The molecule has 1 aliphatic rings. The number of likely N-dealkylation sites (tertiary alicyclic amines) is 1. The minimum atomic E-state index is -1.10. The van der Waals surface area contributed by atoms with E-state index in [9.17, 15) is 14.7 Å². The maximum Gasteiger partial charge on any atom is 1.00 e. The summed E-state index contributed by atoms with van der Waals surface area (Å²) in [6, 6.07) is -0.685. The van der Waals surface area contributed by atoms with Crippen molar-refractivity contribution in [2.75, 3.05) is 6.54 Å². The van der Waals surface area contributed by atoms with Gasteiger partial charge in [0.15, 0.2) is 0 Å². The van der Waals surface area contributed by atoms with Crippen LogP contribution in [-0.4, -0.2) is 29.4 Å². The summed E-state index contributed by atoms with van der Waals surface area (Å²) in [5, 5.41) is 11.0. The third-order valence-corrected chi connectivity index (χ3v) is 4.84. The van der Waals surface area contributed by atoms with E-state index in [-0.39, 0.29) is 35.5 Å². The number of carbonyl (C=O) groups is 2. The first-order valence-electron chi connectivity index (χ1n) is 9.67. The molecule has 1 fully saturated rings. The summed E-state index contributed by atoms with van der Waals surface area (Å²) in [7, 11) is 0. The van der Waals surface area contributed by atoms with Gasteiger partial charge in [-0.2, -0.15) is 0 Å². The minimum absolute atomic E-state index is 0. The third-order valence-electron chi connectivity index (χ3n) is 4.84. The van der Waals surface area contributed by atoms with Crippen molar-refractivity contribution in [1.82, 2.24) is 4.90 Å². The zero-order valence-corrected chi connectivity index (χ0v) is 17.9. The summed E-state index contributed by atoms with van der Waals surface area (Å²) < 4.78 is 0. The molecule has 1 atom stereocenters. The SMILES string of the molecule is CCCCCCCCCCCCCC(=O)N1CCC[C@H]1C(=O)[O-].[Na+]. The summed E-state index contributed by atoms with van der Waals surface area (Å²) in [6.07, 6.45) is 15.6. The van der Waals surface area contributed by atoms with E-state index in [0.717, 1.165) is 19.3 Å². The third kappa shape index (κ3) is 10.0. The van der Waals surface area contributed by atoms with Gasteiger partial charge < -0.3 is 14.8 Å². The Hall–Kier alpha value is -0.0600. The Balaban J connectivity index is 0.00000529. The van der Waals surface area contributed by atoms with Gasteiger partial charge in [0.25, 0.3) is 0 Å². The summed E-state index contributed by atoms with van der Waals surface area (Å²) in [5.74, 6) is -1.11. The predicted octanol–water partition coefficient (Wildman–Crippen LogP) is 0.432. The number of carboxylic acid groups (broad SMARTS) is 1. The number of amides is 1. The Morgan fingerprint density at radius 2 is 1.42 bits per heavy atom. The Kier molecular flexibility index (Phi) is 15.2. The summed E-state index contributed by atoms with van der Waals surface area (Å²) in [4.78, 5) is 24.5. The van der Waals surface area contributed by atoms with E-state index in [1.54, 1.807) is 0 Å². The average molecular weight is 347 g/mol. The molecule has 0 aliphatic carbocycles. The number of unbranched alkanes of at least 4 members (excludes halogenated alkanes) is 10. The molecule has 1 heterocycles. The van der Waals surface area contributed by atoms with E-state index in [0.29, 0.717) is 19.4 Å². The van der Waals surface area contributed by atoms with E-state index in [1.807, 2.05) is 0 Å². The molecule has 1 rings (SSSR count). The Bertz CT molecular complexity index is 350. The van der Waals surface area contributed by atoms with E-state index in [2.05, 4.69) is 6.92 Å². The Morgan fingerprint density at radius 3 is 1.92 bits per heavy atom. The van der Waals surface area contributed by atoms with Crippen LogP contribution in [-0.2, 0) is 9.59 Å². The van der Waals surface area contributed by atoms with Crippen LogP contribution >= 0.6 is 0 Å². The fourth-order valence-electron chi connectivity index (χ4n) is 3.39. The first kappa shape index (κ1) is 23.9. The monoisotopic (exact) mass is 347 g/mol. The second-order valence-corrected chi connectivity index (χ2v) is 6.85. The zero-order chi connectivity index (χ0) is 16.9. The molecule has 134 valence electrons. The second kappa shape index (κ2) is 15.2. The molecule has 1 aliphatic heterocycles. The van der Waals surface area contributed by atoms with Crippen LogP contribution in [0.15, 0.2) is 0 Å². The van der Waals surface area contributed by atoms with E-state index < -0.39 is 12.0 Å². The number of aliphatic carboxylic acids is 1. The fraction of sp³-hybridized carbons (Fsp3) is 0.895. The largest absolute Gasteiger partial charge is 1.00 e. The normalized spacial score (nSPS) is 16.9. The number of carboxylic acids is 1. The molecule has 0 aromatic carbocycles. The van der Waals surface area contributed by atoms with Gasteiger partial charge in [-0.15, -0.1) is 0 Å². The zero-order valence-electron chi connectivity index (χ0n) is 15.9. The average Bonchev–Trinajstić information content (AvgIpc) is 3.02. The van der Waals surface area contributed by atoms with Gasteiger partial charge in [0, 0.05) is 13.0 Å². The molecule has 4 nitrogen and oxygen atoms in total. The molecule has 0 bridgehead atoms. The van der Waals surface area contributed by atoms with Crippen LogP contribution in [0.25, 0.3) is 0 Å². The van der Waals surface area contributed by atoms with E-state index in [4.69, 9.17) is 0 Å². The number of carbonyl (C=O) groups excluding carboxylic acids is 2. The van der Waals surface area contributed by atoms with E-state index in [1.165, 1.54) is 62.7 Å². The van der Waals surface area contributed by atoms with Crippen molar-refractivity contribution >= 4 is 11.9 Å². The smallest absolute Gasteiger partial charge is 0.548 e. The van der Waals surface area contributed by atoms with E-state index >= 15 is 0 Å². The topological polar surface area (TPSA) is 60.4 Å². The molecule has 24 heavy (non-hydrogen) atoms. The number of nitrogens with zero attached hydrogens (tertiary/aromatic N) is 1. The molecule has 5 heteroatoms. The van der Waals surface area contributed by atoms with Crippen molar-refractivity contribution < 1.29 is 44.3 Å². The molecular formula is C19H34NNaO3. The van der Waals surface area contributed by atoms with Crippen LogP contribution in [0.5, 0.6) is 0 Å².